The summed E-state index contributed by atoms with van der Waals surface area (Å²) in [6.45, 7) is 59.0. The maximum absolute atomic E-state index is 12.7. The molecule has 0 radical (unpaired) electrons. The van der Waals surface area contributed by atoms with E-state index in [1.165, 1.54) is 0 Å². The predicted molar refractivity (Wildman–Crippen MR) is 395 cm³/mol. The monoisotopic (exact) mass is 1360 g/mol. The number of Topliss-reactive ketones (excluding diaryl/α,β-unsaturated/α-hetero) is 8. The van der Waals surface area contributed by atoms with Crippen LogP contribution < -0.4 is 65.5 Å². The van der Waals surface area contributed by atoms with Gasteiger partial charge in [-0.1, -0.05) is 165 Å². The zero-order chi connectivity index (χ0) is 75.4. The Morgan fingerprint density at radius 2 is 0.469 bits per heavy atom. The van der Waals surface area contributed by atoms with Gasteiger partial charge in [0.25, 0.3) is 0 Å². The summed E-state index contributed by atoms with van der Waals surface area (Å²) in [6, 6.07) is -1.06. The van der Waals surface area contributed by atoms with Crippen LogP contribution in [0.4, 0.5) is 0 Å². The van der Waals surface area contributed by atoms with Crippen LogP contribution in [-0.4, -0.2) is 143 Å². The number of carbonyl (C=O) groups is 8. The highest BCUT2D eigenvalue weighted by Gasteiger charge is 2.34. The first-order valence-corrected chi connectivity index (χ1v) is 35.6. The molecule has 22 heteroatoms. The first-order chi connectivity index (χ1) is 44.2. The Kier molecular flexibility index (Phi) is 53.9. The molecular weight excluding hydrogens is 1220 g/mol. The fourth-order valence-electron chi connectivity index (χ4n) is 10.9. The van der Waals surface area contributed by atoms with E-state index in [0.717, 1.165) is 25.7 Å². The Morgan fingerprint density at radius 1 is 0.302 bits per heavy atom. The zero-order valence-electron chi connectivity index (χ0n) is 64.2. The molecule has 0 amide bonds. The van der Waals surface area contributed by atoms with Crippen LogP contribution in [0.25, 0.3) is 0 Å². The average molecular weight is 1360 g/mol. The number of aliphatic hydroxyl groups is 2. The van der Waals surface area contributed by atoms with Crippen molar-refractivity contribution in [3.8, 4) is 0 Å². The minimum Gasteiger partial charge on any atom is -0.391 e. The molecule has 2 unspecified atom stereocenters. The molecule has 0 fully saturated rings. The molecule has 0 aromatic heterocycles. The number of carbonyl (C=O) groups excluding carboxylic acids is 8. The number of rotatable bonds is 52. The SMILES string of the molecule is C=C(N)NCCC[C@H](CC(=O)[C@@H](NC(C)C)C(C)C)C(=O)C(C)C.C=C(N)NCCC[C@H](CC(=O)[C@@H](NC(C)C)C(C)C)C(=O)C(C)C.C=C(N)NCCC[C@H](CC(=O)[C@@H](NC(C)C)C(C)O)C(=O)C(C)C.C=C(N)NCCC[C@H](CC(=O)[C@@H](NC(C)C)C(C)O)C(=O)C(C)C. The lowest BCUT2D eigenvalue weighted by Gasteiger charge is -2.26. The van der Waals surface area contributed by atoms with Crippen molar-refractivity contribution in [2.75, 3.05) is 26.2 Å². The van der Waals surface area contributed by atoms with Crippen molar-refractivity contribution in [3.05, 3.63) is 49.6 Å². The maximum Gasteiger partial charge on any atom is 0.153 e. The molecule has 560 valence electrons. The van der Waals surface area contributed by atoms with Crippen molar-refractivity contribution in [2.24, 2.45) is 82.1 Å². The van der Waals surface area contributed by atoms with E-state index < -0.39 is 24.3 Å². The summed E-state index contributed by atoms with van der Waals surface area (Å²) in [5.74, 6) is 1.13. The number of hydrogen-bond acceptors (Lipinski definition) is 22. The molecule has 0 aromatic carbocycles. The molecule has 0 aromatic rings. The second kappa shape index (κ2) is 53.5. The molecule has 22 nitrogen and oxygen atoms in total. The topological polar surface area (TPSA) is 377 Å². The quantitative estimate of drug-likeness (QED) is 0.0257. The van der Waals surface area contributed by atoms with Crippen LogP contribution in [0.2, 0.25) is 0 Å². The van der Waals surface area contributed by atoms with Crippen LogP contribution in [0.15, 0.2) is 49.6 Å². The Morgan fingerprint density at radius 3 is 0.604 bits per heavy atom. The maximum atomic E-state index is 12.7. The summed E-state index contributed by atoms with van der Waals surface area (Å²) in [5, 5.41) is 44.3. The Balaban J connectivity index is -0.000000588. The highest BCUT2D eigenvalue weighted by atomic mass is 16.3. The third kappa shape index (κ3) is 48.2. The Hall–Kier alpha value is -5.52. The standard InChI is InChI=1S/2C19H37N3O2.2C18H35N3O3/c2*1-12(2)18(22-14(5)6)17(23)11-16(19(24)13(3)4)9-8-10-21-15(7)20;2*1-11(2)18(24)15(8-7-9-20-14(6)19)10-16(23)17(13(5)22)21-12(3)4/h2*12-14,16,18,21-22H,7-11,20H2,1-6H3;2*11-13,15,17,20-22H,6-10,19H2,1-5H3/t2*16-,18+;2*13?,15-,17+/m1111/s1. The fraction of sp³-hybridized carbons (Fsp3) is 0.784. The smallest absolute Gasteiger partial charge is 0.153 e. The van der Waals surface area contributed by atoms with Crippen molar-refractivity contribution >= 4 is 46.3 Å². The number of nitrogens with one attached hydrogen (secondary N) is 8. The lowest BCUT2D eigenvalue weighted by molar-refractivity contribution is -0.132. The molecule has 0 rings (SSSR count). The van der Waals surface area contributed by atoms with Gasteiger partial charge in [-0.15, -0.1) is 0 Å². The Labute approximate surface area is 582 Å². The van der Waals surface area contributed by atoms with Gasteiger partial charge in [-0.05, 0) is 77.0 Å². The van der Waals surface area contributed by atoms with Gasteiger partial charge >= 0.3 is 0 Å². The lowest BCUT2D eigenvalue weighted by Crippen LogP contribution is -2.48. The van der Waals surface area contributed by atoms with Crippen LogP contribution in [0.1, 0.15) is 229 Å². The van der Waals surface area contributed by atoms with Gasteiger partial charge in [0.2, 0.25) is 0 Å². The summed E-state index contributed by atoms with van der Waals surface area (Å²) < 4.78 is 0. The molecule has 10 atom stereocenters. The van der Waals surface area contributed by atoms with Crippen LogP contribution >= 0.6 is 0 Å². The van der Waals surface area contributed by atoms with Crippen LogP contribution in [0.3, 0.4) is 0 Å². The van der Waals surface area contributed by atoms with Crippen LogP contribution in [-0.2, 0) is 38.4 Å². The van der Waals surface area contributed by atoms with Gasteiger partial charge in [0, 0.05) is 123 Å². The van der Waals surface area contributed by atoms with E-state index >= 15 is 0 Å². The van der Waals surface area contributed by atoms with Crippen molar-refractivity contribution in [1.29, 1.82) is 0 Å². The number of aliphatic hydroxyl groups excluding tert-OH is 2. The normalized spacial score (nSPS) is 14.6. The molecule has 0 aliphatic carbocycles. The van der Waals surface area contributed by atoms with Crippen LogP contribution in [0.5, 0.6) is 0 Å². The van der Waals surface area contributed by atoms with Gasteiger partial charge in [0.05, 0.1) is 59.7 Å². The van der Waals surface area contributed by atoms with Gasteiger partial charge in [-0.3, -0.25) is 38.4 Å². The molecule has 0 spiro atoms. The van der Waals surface area contributed by atoms with E-state index in [1.54, 1.807) is 13.8 Å². The summed E-state index contributed by atoms with van der Waals surface area (Å²) >= 11 is 0. The summed E-state index contributed by atoms with van der Waals surface area (Å²) in [4.78, 5) is 100. The van der Waals surface area contributed by atoms with Gasteiger partial charge in [-0.2, -0.15) is 0 Å². The van der Waals surface area contributed by atoms with Gasteiger partial charge in [0.1, 0.15) is 23.1 Å². The van der Waals surface area contributed by atoms with Crippen LogP contribution in [0, 0.1) is 59.2 Å². The molecule has 0 aliphatic heterocycles. The third-order valence-electron chi connectivity index (χ3n) is 15.7. The van der Waals surface area contributed by atoms with E-state index in [9.17, 15) is 48.6 Å². The minimum absolute atomic E-state index is 0.0595. The third-order valence-corrected chi connectivity index (χ3v) is 15.7. The minimum atomic E-state index is -0.795. The van der Waals surface area contributed by atoms with Gasteiger partial charge in [0.15, 0.2) is 23.1 Å². The molecule has 96 heavy (non-hydrogen) atoms. The Bertz CT molecular complexity index is 1990. The number of nitrogens with two attached hydrogens (primary N) is 4. The first kappa shape index (κ1) is 96.9. The highest BCUT2D eigenvalue weighted by Crippen LogP contribution is 2.24. The first-order valence-electron chi connectivity index (χ1n) is 35.6. The van der Waals surface area contributed by atoms with Crippen molar-refractivity contribution < 1.29 is 48.6 Å². The number of hydrogen-bond donors (Lipinski definition) is 14. The molecule has 0 saturated carbocycles. The summed E-state index contributed by atoms with van der Waals surface area (Å²) in [7, 11) is 0. The molecule has 0 heterocycles. The molecular formula is C74H144N12O10. The lowest BCUT2D eigenvalue weighted by atomic mass is 9.84. The number of ketones is 8. The largest absolute Gasteiger partial charge is 0.391 e. The highest BCUT2D eigenvalue weighted by molar-refractivity contribution is 5.94. The molecule has 0 aliphatic rings. The fourth-order valence-corrected chi connectivity index (χ4v) is 10.9. The van der Waals surface area contributed by atoms with Crippen molar-refractivity contribution in [3.63, 3.8) is 0 Å². The zero-order valence-corrected chi connectivity index (χ0v) is 64.2. The van der Waals surface area contributed by atoms with E-state index in [4.69, 9.17) is 22.9 Å². The second-order valence-electron chi connectivity index (χ2n) is 29.2. The summed E-state index contributed by atoms with van der Waals surface area (Å²) in [6.07, 6.45) is 4.95. The van der Waals surface area contributed by atoms with E-state index in [-0.39, 0.29) is 155 Å². The average Bonchev–Trinajstić information content (AvgIpc) is 2.64. The van der Waals surface area contributed by atoms with Gasteiger partial charge < -0.3 is 75.7 Å². The van der Waals surface area contributed by atoms with Crippen molar-refractivity contribution in [1.82, 2.24) is 42.5 Å². The molecule has 0 bridgehead atoms. The molecule has 0 saturated heterocycles. The second-order valence-corrected chi connectivity index (χ2v) is 29.2. The predicted octanol–water partition coefficient (Wildman–Crippen LogP) is 7.89. The summed E-state index contributed by atoms with van der Waals surface area (Å²) in [5.41, 5.74) is 21.9. The molecule has 18 N–H and O–H groups in total. The van der Waals surface area contributed by atoms with E-state index in [2.05, 4.69) is 68.9 Å². The van der Waals surface area contributed by atoms with Crippen molar-refractivity contribution in [2.45, 2.75) is 290 Å². The van der Waals surface area contributed by atoms with Gasteiger partial charge in [-0.25, -0.2) is 0 Å². The van der Waals surface area contributed by atoms with E-state index in [0.29, 0.717) is 88.0 Å². The van der Waals surface area contributed by atoms with E-state index in [1.807, 2.05) is 138 Å².